The van der Waals surface area contributed by atoms with Gasteiger partial charge >= 0.3 is 0 Å². The third kappa shape index (κ3) is 5.63. The molecule has 0 bridgehead atoms. The van der Waals surface area contributed by atoms with E-state index in [-0.39, 0.29) is 6.61 Å². The predicted octanol–water partition coefficient (Wildman–Crippen LogP) is 3.14. The van der Waals surface area contributed by atoms with Crippen molar-refractivity contribution in [2.75, 3.05) is 45.9 Å². The average molecular weight is 440 g/mol. The first-order chi connectivity index (χ1) is 15.5. The van der Waals surface area contributed by atoms with Gasteiger partial charge in [-0.15, -0.1) is 10.2 Å². The molecule has 1 fully saturated rings. The van der Waals surface area contributed by atoms with Crippen molar-refractivity contribution in [2.45, 2.75) is 33.6 Å². The van der Waals surface area contributed by atoms with Crippen LogP contribution < -0.4 is 0 Å². The van der Waals surface area contributed by atoms with Crippen molar-refractivity contribution in [3.05, 3.63) is 42.1 Å². The van der Waals surface area contributed by atoms with Crippen LogP contribution in [0.15, 0.2) is 40.6 Å². The zero-order chi connectivity index (χ0) is 22.5. The van der Waals surface area contributed by atoms with Gasteiger partial charge < -0.3 is 14.4 Å². The number of hydrogen-bond acceptors (Lipinski definition) is 7. The third-order valence-corrected chi connectivity index (χ3v) is 7.25. The first-order valence-electron chi connectivity index (χ1n) is 12.0. The molecule has 2 aromatic heterocycles. The maximum absolute atomic E-state index is 9.18. The van der Waals surface area contributed by atoms with E-state index in [0.717, 1.165) is 57.1 Å². The molecule has 1 saturated heterocycles. The summed E-state index contributed by atoms with van der Waals surface area (Å²) in [6, 6.07) is 3.79. The second kappa shape index (κ2) is 10.7. The summed E-state index contributed by atoms with van der Waals surface area (Å²) in [5.41, 5.74) is 2.36. The van der Waals surface area contributed by atoms with Crippen LogP contribution in [0.4, 0.5) is 0 Å². The molecular formula is C25H37N5O2. The molecule has 2 aliphatic rings. The first kappa shape index (κ1) is 23.1. The van der Waals surface area contributed by atoms with Crippen molar-refractivity contribution in [3.63, 3.8) is 0 Å². The highest BCUT2D eigenvalue weighted by atomic mass is 16.4. The minimum atomic E-state index is 0.255. The maximum atomic E-state index is 9.18. The van der Waals surface area contributed by atoms with E-state index >= 15 is 0 Å². The van der Waals surface area contributed by atoms with E-state index in [2.05, 4.69) is 51.8 Å². The van der Waals surface area contributed by atoms with Crippen molar-refractivity contribution < 1.29 is 9.52 Å². The Labute approximate surface area is 191 Å². The number of piperazine rings is 1. The lowest BCUT2D eigenvalue weighted by atomic mass is 9.69. The molecule has 174 valence electrons. The van der Waals surface area contributed by atoms with Gasteiger partial charge in [0.25, 0.3) is 0 Å². The van der Waals surface area contributed by atoms with E-state index in [1.807, 2.05) is 12.1 Å². The van der Waals surface area contributed by atoms with Crippen molar-refractivity contribution in [2.24, 2.45) is 23.7 Å². The van der Waals surface area contributed by atoms with Crippen LogP contribution >= 0.6 is 0 Å². The zero-order valence-corrected chi connectivity index (χ0v) is 19.7. The first-order valence-corrected chi connectivity index (χ1v) is 12.0. The van der Waals surface area contributed by atoms with Crippen molar-refractivity contribution in [3.8, 4) is 11.5 Å². The summed E-state index contributed by atoms with van der Waals surface area (Å²) in [4.78, 5) is 9.02. The molecule has 1 aliphatic heterocycles. The van der Waals surface area contributed by atoms with Crippen LogP contribution in [0, 0.1) is 23.7 Å². The minimum Gasteiger partial charge on any atom is -0.421 e. The number of aromatic nitrogens is 3. The third-order valence-electron chi connectivity index (χ3n) is 7.25. The molecule has 3 unspecified atom stereocenters. The molecule has 1 N–H and O–H groups in total. The molecule has 0 saturated carbocycles. The lowest BCUT2D eigenvalue weighted by Crippen LogP contribution is -2.49. The van der Waals surface area contributed by atoms with Gasteiger partial charge in [0, 0.05) is 63.6 Å². The molecule has 3 atom stereocenters. The number of aliphatic hydroxyl groups is 1. The Morgan fingerprint density at radius 2 is 1.81 bits per heavy atom. The summed E-state index contributed by atoms with van der Waals surface area (Å²) in [5.74, 6) is 3.62. The number of β-amino-alcohol motifs (C(OH)–C–C–N with tert-alkyl or cyclic N) is 1. The fourth-order valence-corrected chi connectivity index (χ4v) is 5.28. The van der Waals surface area contributed by atoms with Gasteiger partial charge in [-0.05, 0) is 49.1 Å². The summed E-state index contributed by atoms with van der Waals surface area (Å²) < 4.78 is 5.99. The second-order valence-electron chi connectivity index (χ2n) is 9.72. The molecule has 32 heavy (non-hydrogen) atoms. The summed E-state index contributed by atoms with van der Waals surface area (Å²) in [7, 11) is 0. The van der Waals surface area contributed by atoms with Crippen molar-refractivity contribution >= 4 is 0 Å². The largest absolute Gasteiger partial charge is 0.421 e. The number of nitrogens with zero attached hydrogens (tertiary/aromatic N) is 5. The van der Waals surface area contributed by atoms with E-state index in [9.17, 15) is 5.11 Å². The van der Waals surface area contributed by atoms with Crippen LogP contribution in [0.3, 0.4) is 0 Å². The van der Waals surface area contributed by atoms with E-state index in [1.54, 1.807) is 12.4 Å². The standard InChI is InChI=1S/C25H37N5O2/c1-18(2)23-15-21(16-24-27-28-25(32-24)20-4-6-26-7-5-20)19(3)14-22(23)17-30-10-8-29(9-11-30)12-13-31/h4-7,14,18,21-23,31H,8-13,15-17H2,1-3H3. The number of aliphatic hydroxyl groups excluding tert-OH is 1. The van der Waals surface area contributed by atoms with E-state index in [0.29, 0.717) is 29.6 Å². The number of pyridine rings is 1. The Bertz CT molecular complexity index is 873. The van der Waals surface area contributed by atoms with Gasteiger partial charge in [0.2, 0.25) is 11.8 Å². The van der Waals surface area contributed by atoms with Crippen LogP contribution in [0.1, 0.15) is 33.1 Å². The smallest absolute Gasteiger partial charge is 0.247 e. The maximum Gasteiger partial charge on any atom is 0.247 e. The van der Waals surface area contributed by atoms with Gasteiger partial charge in [-0.1, -0.05) is 25.5 Å². The van der Waals surface area contributed by atoms with Gasteiger partial charge in [-0.25, -0.2) is 0 Å². The molecule has 0 amide bonds. The highest BCUT2D eigenvalue weighted by molar-refractivity contribution is 5.50. The molecule has 7 heteroatoms. The number of hydrogen-bond donors (Lipinski definition) is 1. The average Bonchev–Trinajstić information content (AvgIpc) is 3.26. The van der Waals surface area contributed by atoms with Crippen molar-refractivity contribution in [1.29, 1.82) is 0 Å². The zero-order valence-electron chi connectivity index (χ0n) is 19.7. The fraction of sp³-hybridized carbons (Fsp3) is 0.640. The lowest BCUT2D eigenvalue weighted by molar-refractivity contribution is 0.0887. The molecule has 0 aromatic carbocycles. The van der Waals surface area contributed by atoms with Gasteiger partial charge in [0.15, 0.2) is 0 Å². The van der Waals surface area contributed by atoms with Gasteiger partial charge in [0.1, 0.15) is 0 Å². The molecule has 7 nitrogen and oxygen atoms in total. The van der Waals surface area contributed by atoms with Gasteiger partial charge in [-0.2, -0.15) is 0 Å². The second-order valence-corrected chi connectivity index (χ2v) is 9.72. The molecular weight excluding hydrogens is 402 g/mol. The lowest BCUT2D eigenvalue weighted by Gasteiger charge is -2.41. The predicted molar refractivity (Wildman–Crippen MR) is 125 cm³/mol. The summed E-state index contributed by atoms with van der Waals surface area (Å²) in [6.07, 6.45) is 7.98. The molecule has 0 spiro atoms. The van der Waals surface area contributed by atoms with Crippen LogP contribution in [-0.4, -0.2) is 76.0 Å². The monoisotopic (exact) mass is 439 g/mol. The van der Waals surface area contributed by atoms with E-state index < -0.39 is 0 Å². The summed E-state index contributed by atoms with van der Waals surface area (Å²) >= 11 is 0. The summed E-state index contributed by atoms with van der Waals surface area (Å²) in [5, 5.41) is 17.8. The Morgan fingerprint density at radius 1 is 1.09 bits per heavy atom. The molecule has 0 radical (unpaired) electrons. The SMILES string of the molecule is CC1=CC(CN2CCN(CCO)CC2)C(C(C)C)CC1Cc1nnc(-c2ccncc2)o1. The van der Waals surface area contributed by atoms with E-state index in [1.165, 1.54) is 12.0 Å². The Balaban J connectivity index is 1.40. The van der Waals surface area contributed by atoms with Gasteiger partial charge in [0.05, 0.1) is 6.61 Å². The highest BCUT2D eigenvalue weighted by Crippen LogP contribution is 2.39. The van der Waals surface area contributed by atoms with Crippen LogP contribution in [0.25, 0.3) is 11.5 Å². The molecule has 4 rings (SSSR count). The number of rotatable bonds is 8. The number of allylic oxidation sites excluding steroid dienone is 1. The normalized spacial score (nSPS) is 25.3. The van der Waals surface area contributed by atoms with Crippen LogP contribution in [0.2, 0.25) is 0 Å². The Kier molecular flexibility index (Phi) is 7.71. The quantitative estimate of drug-likeness (QED) is 0.633. The minimum absolute atomic E-state index is 0.255. The topological polar surface area (TPSA) is 78.5 Å². The molecule has 2 aromatic rings. The Morgan fingerprint density at radius 3 is 2.50 bits per heavy atom. The molecule has 3 heterocycles. The highest BCUT2D eigenvalue weighted by Gasteiger charge is 2.34. The van der Waals surface area contributed by atoms with Gasteiger partial charge in [-0.3, -0.25) is 9.88 Å². The Hall–Kier alpha value is -2.09. The molecule has 1 aliphatic carbocycles. The van der Waals surface area contributed by atoms with Crippen LogP contribution in [0.5, 0.6) is 0 Å². The summed E-state index contributed by atoms with van der Waals surface area (Å²) in [6.45, 7) is 13.5. The van der Waals surface area contributed by atoms with Crippen molar-refractivity contribution in [1.82, 2.24) is 25.0 Å². The van der Waals surface area contributed by atoms with Crippen LogP contribution in [-0.2, 0) is 6.42 Å². The fourth-order valence-electron chi connectivity index (χ4n) is 5.28. The van der Waals surface area contributed by atoms with E-state index in [4.69, 9.17) is 4.42 Å².